The fourth-order valence-electron chi connectivity index (χ4n) is 1.52. The Bertz CT molecular complexity index is 593. The standard InChI is InChI=1S/C14H12O4S/c1-18-13-8-11(6-7-12(13)15)19-10-4-2-9(3-5-10)14(16)17/h2-8,15H,1H3,(H,16,17). The Balaban J connectivity index is 2.19. The Kier molecular flexibility index (Phi) is 3.97. The molecule has 0 unspecified atom stereocenters. The Labute approximate surface area is 114 Å². The molecular weight excluding hydrogens is 264 g/mol. The first-order valence-corrected chi connectivity index (χ1v) is 6.30. The topological polar surface area (TPSA) is 66.8 Å². The maximum Gasteiger partial charge on any atom is 0.335 e. The maximum absolute atomic E-state index is 10.7. The maximum atomic E-state index is 10.7. The third kappa shape index (κ3) is 3.20. The van der Waals surface area contributed by atoms with E-state index in [4.69, 9.17) is 9.84 Å². The first-order valence-electron chi connectivity index (χ1n) is 5.48. The van der Waals surface area contributed by atoms with E-state index in [0.717, 1.165) is 9.79 Å². The zero-order chi connectivity index (χ0) is 13.8. The highest BCUT2D eigenvalue weighted by atomic mass is 32.2. The van der Waals surface area contributed by atoms with Crippen molar-refractivity contribution in [2.24, 2.45) is 0 Å². The van der Waals surface area contributed by atoms with Crippen molar-refractivity contribution in [1.29, 1.82) is 0 Å². The van der Waals surface area contributed by atoms with Gasteiger partial charge in [-0.3, -0.25) is 0 Å². The minimum absolute atomic E-state index is 0.0908. The van der Waals surface area contributed by atoms with E-state index < -0.39 is 5.97 Å². The molecule has 5 heteroatoms. The summed E-state index contributed by atoms with van der Waals surface area (Å²) in [5.41, 5.74) is 0.257. The number of hydrogen-bond donors (Lipinski definition) is 2. The van der Waals surface area contributed by atoms with Crippen molar-refractivity contribution in [3.05, 3.63) is 48.0 Å². The first kappa shape index (κ1) is 13.3. The fourth-order valence-corrected chi connectivity index (χ4v) is 2.37. The van der Waals surface area contributed by atoms with Gasteiger partial charge in [0.15, 0.2) is 11.5 Å². The monoisotopic (exact) mass is 276 g/mol. The summed E-state index contributed by atoms with van der Waals surface area (Å²) in [6.07, 6.45) is 0. The summed E-state index contributed by atoms with van der Waals surface area (Å²) in [4.78, 5) is 12.6. The molecule has 19 heavy (non-hydrogen) atoms. The molecule has 0 atom stereocenters. The average molecular weight is 276 g/mol. The van der Waals surface area contributed by atoms with E-state index in [1.54, 1.807) is 42.5 Å². The second-order valence-corrected chi connectivity index (χ2v) is 4.91. The van der Waals surface area contributed by atoms with Gasteiger partial charge in [0.2, 0.25) is 0 Å². The Morgan fingerprint density at radius 3 is 2.32 bits per heavy atom. The van der Waals surface area contributed by atoms with Crippen molar-refractivity contribution in [2.75, 3.05) is 7.11 Å². The second-order valence-electron chi connectivity index (χ2n) is 3.77. The van der Waals surface area contributed by atoms with Gasteiger partial charge in [0, 0.05) is 9.79 Å². The molecule has 0 amide bonds. The predicted octanol–water partition coefficient (Wildman–Crippen LogP) is 3.25. The van der Waals surface area contributed by atoms with Gasteiger partial charge in [-0.25, -0.2) is 4.79 Å². The van der Waals surface area contributed by atoms with Crippen molar-refractivity contribution < 1.29 is 19.7 Å². The quantitative estimate of drug-likeness (QED) is 0.897. The van der Waals surface area contributed by atoms with Crippen LogP contribution in [0.4, 0.5) is 0 Å². The van der Waals surface area contributed by atoms with Crippen molar-refractivity contribution in [3.8, 4) is 11.5 Å². The van der Waals surface area contributed by atoms with Crippen LogP contribution >= 0.6 is 11.8 Å². The lowest BCUT2D eigenvalue weighted by Crippen LogP contribution is -1.94. The van der Waals surface area contributed by atoms with Crippen LogP contribution in [0.5, 0.6) is 11.5 Å². The van der Waals surface area contributed by atoms with Crippen molar-refractivity contribution >= 4 is 17.7 Å². The molecule has 98 valence electrons. The number of carboxylic acid groups (broad SMARTS) is 1. The number of hydrogen-bond acceptors (Lipinski definition) is 4. The van der Waals surface area contributed by atoms with E-state index in [2.05, 4.69) is 0 Å². The summed E-state index contributed by atoms with van der Waals surface area (Å²) in [5.74, 6) is -0.442. The van der Waals surface area contributed by atoms with Crippen molar-refractivity contribution in [3.63, 3.8) is 0 Å². The summed E-state index contributed by atoms with van der Waals surface area (Å²) < 4.78 is 5.03. The third-order valence-corrected chi connectivity index (χ3v) is 3.49. The predicted molar refractivity (Wildman–Crippen MR) is 72.2 cm³/mol. The van der Waals surface area contributed by atoms with Crippen LogP contribution in [0.1, 0.15) is 10.4 Å². The molecule has 0 heterocycles. The minimum Gasteiger partial charge on any atom is -0.504 e. The normalized spacial score (nSPS) is 10.2. The number of rotatable bonds is 4. The smallest absolute Gasteiger partial charge is 0.335 e. The van der Waals surface area contributed by atoms with Crippen LogP contribution in [-0.4, -0.2) is 23.3 Å². The molecule has 0 spiro atoms. The third-order valence-electron chi connectivity index (χ3n) is 2.49. The highest BCUT2D eigenvalue weighted by Gasteiger charge is 2.06. The van der Waals surface area contributed by atoms with Gasteiger partial charge in [-0.2, -0.15) is 0 Å². The van der Waals surface area contributed by atoms with Crippen molar-refractivity contribution in [2.45, 2.75) is 9.79 Å². The highest BCUT2D eigenvalue weighted by molar-refractivity contribution is 7.99. The molecule has 0 radical (unpaired) electrons. The summed E-state index contributed by atoms with van der Waals surface area (Å²) in [6, 6.07) is 11.7. The van der Waals surface area contributed by atoms with E-state index in [0.29, 0.717) is 5.75 Å². The van der Waals surface area contributed by atoms with Crippen LogP contribution in [0.3, 0.4) is 0 Å². The molecule has 0 saturated carbocycles. The molecule has 0 aliphatic heterocycles. The number of aromatic carboxylic acids is 1. The molecule has 2 aromatic carbocycles. The lowest BCUT2D eigenvalue weighted by molar-refractivity contribution is 0.0697. The lowest BCUT2D eigenvalue weighted by atomic mass is 10.2. The van der Waals surface area contributed by atoms with Crippen molar-refractivity contribution in [1.82, 2.24) is 0 Å². The molecule has 0 bridgehead atoms. The number of benzene rings is 2. The van der Waals surface area contributed by atoms with Gasteiger partial charge < -0.3 is 14.9 Å². The molecule has 0 aliphatic carbocycles. The number of methoxy groups -OCH3 is 1. The van der Waals surface area contributed by atoms with Crippen LogP contribution in [0.25, 0.3) is 0 Å². The van der Waals surface area contributed by atoms with E-state index in [9.17, 15) is 9.90 Å². The Morgan fingerprint density at radius 2 is 1.74 bits per heavy atom. The molecule has 2 N–H and O–H groups in total. The van der Waals surface area contributed by atoms with Crippen LogP contribution in [0.2, 0.25) is 0 Å². The molecule has 2 rings (SSSR count). The van der Waals surface area contributed by atoms with Crippen LogP contribution in [0.15, 0.2) is 52.3 Å². The van der Waals surface area contributed by atoms with E-state index in [-0.39, 0.29) is 11.3 Å². The number of carbonyl (C=O) groups is 1. The highest BCUT2D eigenvalue weighted by Crippen LogP contribution is 2.34. The van der Waals surface area contributed by atoms with E-state index in [1.807, 2.05) is 0 Å². The molecule has 2 aromatic rings. The van der Waals surface area contributed by atoms with Gasteiger partial charge >= 0.3 is 5.97 Å². The van der Waals surface area contributed by atoms with Gasteiger partial charge in [-0.1, -0.05) is 11.8 Å². The Morgan fingerprint density at radius 1 is 1.11 bits per heavy atom. The second kappa shape index (κ2) is 5.67. The fraction of sp³-hybridized carbons (Fsp3) is 0.0714. The SMILES string of the molecule is COc1cc(Sc2ccc(C(=O)O)cc2)ccc1O. The number of ether oxygens (including phenoxy) is 1. The molecule has 0 fully saturated rings. The molecule has 0 aromatic heterocycles. The Hall–Kier alpha value is -2.14. The van der Waals surface area contributed by atoms with Crippen LogP contribution < -0.4 is 4.74 Å². The van der Waals surface area contributed by atoms with E-state index >= 15 is 0 Å². The minimum atomic E-state index is -0.942. The molecule has 0 saturated heterocycles. The average Bonchev–Trinajstić information content (AvgIpc) is 2.41. The van der Waals surface area contributed by atoms with E-state index in [1.165, 1.54) is 18.9 Å². The van der Waals surface area contributed by atoms with Gasteiger partial charge in [0.25, 0.3) is 0 Å². The molecule has 4 nitrogen and oxygen atoms in total. The van der Waals surface area contributed by atoms with Gasteiger partial charge in [-0.15, -0.1) is 0 Å². The number of phenolic OH excluding ortho intramolecular Hbond substituents is 1. The van der Waals surface area contributed by atoms with Gasteiger partial charge in [0.1, 0.15) is 0 Å². The number of phenols is 1. The first-order chi connectivity index (χ1) is 9.10. The van der Waals surface area contributed by atoms with Gasteiger partial charge in [-0.05, 0) is 42.5 Å². The molecular formula is C14H12O4S. The zero-order valence-electron chi connectivity index (χ0n) is 10.2. The van der Waals surface area contributed by atoms with Crippen LogP contribution in [0, 0.1) is 0 Å². The van der Waals surface area contributed by atoms with Gasteiger partial charge in [0.05, 0.1) is 12.7 Å². The number of aromatic hydroxyl groups is 1. The largest absolute Gasteiger partial charge is 0.504 e. The summed E-state index contributed by atoms with van der Waals surface area (Å²) in [7, 11) is 1.49. The summed E-state index contributed by atoms with van der Waals surface area (Å²) in [5, 5.41) is 18.3. The lowest BCUT2D eigenvalue weighted by Gasteiger charge is -2.06. The molecule has 0 aliphatic rings. The summed E-state index contributed by atoms with van der Waals surface area (Å²) in [6.45, 7) is 0. The number of carboxylic acids is 1. The van der Waals surface area contributed by atoms with Crippen LogP contribution in [-0.2, 0) is 0 Å². The zero-order valence-corrected chi connectivity index (χ0v) is 11.0. The summed E-state index contributed by atoms with van der Waals surface area (Å²) >= 11 is 1.46.